The zero-order chi connectivity index (χ0) is 21.6. The number of nitrogens with zero attached hydrogens (tertiary/aromatic N) is 1. The number of aryl methyl sites for hydroxylation is 1. The second-order valence-corrected chi connectivity index (χ2v) is 11.1. The standard InChI is InChI=1S/C24H24BrNO3S/c1-15(2)23-22(27)12-18-13-26(30(28,29)20-10-4-16(3)5-11-20)14-21(18)24(23)17-6-8-19(25)9-7-17/h4-11,18H,12-14H2,1-3H3/t18-/m1/s1. The summed E-state index contributed by atoms with van der Waals surface area (Å²) >= 11 is 3.47. The monoisotopic (exact) mass is 485 g/mol. The van der Waals surface area contributed by atoms with E-state index in [4.69, 9.17) is 0 Å². The van der Waals surface area contributed by atoms with Crippen molar-refractivity contribution in [1.82, 2.24) is 4.31 Å². The normalized spacial score (nSPS) is 19.9. The Morgan fingerprint density at radius 1 is 1.03 bits per heavy atom. The highest BCUT2D eigenvalue weighted by atomic mass is 79.9. The average Bonchev–Trinajstić information content (AvgIpc) is 3.12. The molecule has 0 amide bonds. The summed E-state index contributed by atoms with van der Waals surface area (Å²) in [5.74, 6) is 0.00993. The number of allylic oxidation sites excluding steroid dienone is 3. The van der Waals surface area contributed by atoms with Gasteiger partial charge in [-0.15, -0.1) is 0 Å². The van der Waals surface area contributed by atoms with Gasteiger partial charge in [0.05, 0.1) is 4.90 Å². The predicted molar refractivity (Wildman–Crippen MR) is 122 cm³/mol. The van der Waals surface area contributed by atoms with Crippen LogP contribution in [0.15, 0.2) is 74.6 Å². The van der Waals surface area contributed by atoms with E-state index in [1.54, 1.807) is 12.1 Å². The Kier molecular flexibility index (Phi) is 5.60. The molecule has 1 aliphatic carbocycles. The van der Waals surface area contributed by atoms with Gasteiger partial charge in [-0.1, -0.05) is 51.3 Å². The SMILES string of the molecule is CC(C)=C1C(=O)C[C@@H]2CN(S(=O)(=O)c3ccc(C)cc3)CC2=C1c1ccc(Br)cc1. The Bertz CT molecular complexity index is 1170. The molecule has 4 nitrogen and oxygen atoms in total. The summed E-state index contributed by atoms with van der Waals surface area (Å²) in [5.41, 5.74) is 5.62. The van der Waals surface area contributed by atoms with Gasteiger partial charge in [-0.3, -0.25) is 4.79 Å². The van der Waals surface area contributed by atoms with E-state index in [9.17, 15) is 13.2 Å². The van der Waals surface area contributed by atoms with Crippen LogP contribution >= 0.6 is 15.9 Å². The smallest absolute Gasteiger partial charge is 0.243 e. The highest BCUT2D eigenvalue weighted by molar-refractivity contribution is 9.10. The molecule has 4 rings (SSSR count). The first-order chi connectivity index (χ1) is 14.2. The Labute approximate surface area is 186 Å². The molecule has 0 N–H and O–H groups in total. The molecule has 6 heteroatoms. The molecule has 156 valence electrons. The van der Waals surface area contributed by atoms with Crippen molar-refractivity contribution >= 4 is 37.3 Å². The topological polar surface area (TPSA) is 54.5 Å². The van der Waals surface area contributed by atoms with Crippen molar-refractivity contribution in [2.75, 3.05) is 13.1 Å². The summed E-state index contributed by atoms with van der Waals surface area (Å²) in [4.78, 5) is 13.3. The zero-order valence-electron chi connectivity index (χ0n) is 17.3. The van der Waals surface area contributed by atoms with E-state index in [2.05, 4.69) is 15.9 Å². The van der Waals surface area contributed by atoms with Crippen LogP contribution in [0.3, 0.4) is 0 Å². The maximum absolute atomic E-state index is 13.3. The van der Waals surface area contributed by atoms with Gasteiger partial charge in [0.2, 0.25) is 10.0 Å². The molecule has 1 heterocycles. The highest BCUT2D eigenvalue weighted by Crippen LogP contribution is 2.44. The van der Waals surface area contributed by atoms with Gasteiger partial charge in [0, 0.05) is 35.5 Å². The zero-order valence-corrected chi connectivity index (χ0v) is 19.7. The van der Waals surface area contributed by atoms with Crippen LogP contribution in [0.25, 0.3) is 5.57 Å². The van der Waals surface area contributed by atoms with Gasteiger partial charge in [-0.25, -0.2) is 8.42 Å². The maximum Gasteiger partial charge on any atom is 0.243 e. The average molecular weight is 486 g/mol. The number of carbonyl (C=O) groups is 1. The minimum absolute atomic E-state index is 0.0838. The molecule has 0 unspecified atom stereocenters. The lowest BCUT2D eigenvalue weighted by Crippen LogP contribution is -2.29. The fourth-order valence-electron chi connectivity index (χ4n) is 4.35. The van der Waals surface area contributed by atoms with Gasteiger partial charge < -0.3 is 0 Å². The molecule has 0 bridgehead atoms. The lowest BCUT2D eigenvalue weighted by molar-refractivity contribution is -0.116. The molecule has 1 aliphatic heterocycles. The second kappa shape index (κ2) is 7.91. The molecule has 1 saturated heterocycles. The van der Waals surface area contributed by atoms with Crippen molar-refractivity contribution in [3.8, 4) is 0 Å². The fourth-order valence-corrected chi connectivity index (χ4v) is 6.08. The molecule has 0 saturated carbocycles. The number of hydrogen-bond acceptors (Lipinski definition) is 3. The Morgan fingerprint density at radius 2 is 1.67 bits per heavy atom. The summed E-state index contributed by atoms with van der Waals surface area (Å²) in [6.45, 7) is 6.48. The van der Waals surface area contributed by atoms with Crippen LogP contribution in [0.4, 0.5) is 0 Å². The van der Waals surface area contributed by atoms with Crippen molar-refractivity contribution in [2.45, 2.75) is 32.1 Å². The second-order valence-electron chi connectivity index (χ2n) is 8.22. The number of hydrogen-bond donors (Lipinski definition) is 0. The van der Waals surface area contributed by atoms with Crippen molar-refractivity contribution in [3.63, 3.8) is 0 Å². The third kappa shape index (κ3) is 3.72. The molecule has 0 aromatic heterocycles. The van der Waals surface area contributed by atoms with Crippen molar-refractivity contribution in [1.29, 1.82) is 0 Å². The Morgan fingerprint density at radius 3 is 2.27 bits per heavy atom. The largest absolute Gasteiger partial charge is 0.294 e. The van der Waals surface area contributed by atoms with E-state index in [1.165, 1.54) is 4.31 Å². The number of carbonyl (C=O) groups excluding carboxylic acids is 1. The molecule has 1 atom stereocenters. The minimum Gasteiger partial charge on any atom is -0.294 e. The molecule has 30 heavy (non-hydrogen) atoms. The van der Waals surface area contributed by atoms with Crippen LogP contribution in [0.2, 0.25) is 0 Å². The Hall–Kier alpha value is -2.02. The predicted octanol–water partition coefficient (Wildman–Crippen LogP) is 5.14. The van der Waals surface area contributed by atoms with Crippen LogP contribution < -0.4 is 0 Å². The van der Waals surface area contributed by atoms with E-state index in [1.807, 2.05) is 57.2 Å². The minimum atomic E-state index is -3.62. The maximum atomic E-state index is 13.3. The third-order valence-corrected chi connectivity index (χ3v) is 8.19. The number of sulfonamides is 1. The first-order valence-electron chi connectivity index (χ1n) is 9.95. The van der Waals surface area contributed by atoms with Gasteiger partial charge in [-0.2, -0.15) is 4.31 Å². The molecular weight excluding hydrogens is 462 g/mol. The van der Waals surface area contributed by atoms with Crippen LogP contribution in [-0.2, 0) is 14.8 Å². The fraction of sp³-hybridized carbons (Fsp3) is 0.292. The van der Waals surface area contributed by atoms with Crippen molar-refractivity contribution < 1.29 is 13.2 Å². The quantitative estimate of drug-likeness (QED) is 0.565. The molecule has 0 spiro atoms. The van der Waals surface area contributed by atoms with E-state index in [0.717, 1.165) is 37.9 Å². The number of halogens is 1. The summed E-state index contributed by atoms with van der Waals surface area (Å²) in [5, 5.41) is 0. The summed E-state index contributed by atoms with van der Waals surface area (Å²) < 4.78 is 29.0. The molecular formula is C24H24BrNO3S. The van der Waals surface area contributed by atoms with Gasteiger partial charge in [0.1, 0.15) is 0 Å². The molecule has 0 radical (unpaired) electrons. The molecule has 2 aromatic rings. The lowest BCUT2D eigenvalue weighted by atomic mass is 9.76. The van der Waals surface area contributed by atoms with Gasteiger partial charge in [0.15, 0.2) is 5.78 Å². The van der Waals surface area contributed by atoms with E-state index in [-0.39, 0.29) is 11.7 Å². The molecule has 2 aromatic carbocycles. The first kappa shape index (κ1) is 21.2. The molecule has 2 aliphatic rings. The van der Waals surface area contributed by atoms with E-state index >= 15 is 0 Å². The van der Waals surface area contributed by atoms with Crippen LogP contribution in [0.5, 0.6) is 0 Å². The number of ketones is 1. The first-order valence-corrected chi connectivity index (χ1v) is 12.2. The summed E-state index contributed by atoms with van der Waals surface area (Å²) in [7, 11) is -3.62. The van der Waals surface area contributed by atoms with Crippen molar-refractivity contribution in [2.24, 2.45) is 5.92 Å². The number of fused-ring (bicyclic) bond motifs is 1. The third-order valence-electron chi connectivity index (χ3n) is 5.84. The number of Topliss-reactive ketones (excluding diaryl/α,β-unsaturated/α-hetero) is 1. The van der Waals surface area contributed by atoms with Crippen molar-refractivity contribution in [3.05, 3.63) is 80.8 Å². The van der Waals surface area contributed by atoms with Crippen LogP contribution in [0.1, 0.15) is 31.4 Å². The van der Waals surface area contributed by atoms with Crippen LogP contribution in [-0.4, -0.2) is 31.6 Å². The molecule has 1 fully saturated rings. The van der Waals surface area contributed by atoms with Gasteiger partial charge >= 0.3 is 0 Å². The van der Waals surface area contributed by atoms with Crippen LogP contribution in [0, 0.1) is 12.8 Å². The number of rotatable bonds is 3. The lowest BCUT2D eigenvalue weighted by Gasteiger charge is -2.26. The summed E-state index contributed by atoms with van der Waals surface area (Å²) in [6, 6.07) is 14.8. The Balaban J connectivity index is 1.82. The van der Waals surface area contributed by atoms with E-state index < -0.39 is 10.0 Å². The van der Waals surface area contributed by atoms with Gasteiger partial charge in [0.25, 0.3) is 0 Å². The summed E-state index contributed by atoms with van der Waals surface area (Å²) in [6.07, 6.45) is 0.357. The van der Waals surface area contributed by atoms with Gasteiger partial charge in [-0.05, 0) is 61.7 Å². The highest BCUT2D eigenvalue weighted by Gasteiger charge is 2.42. The van der Waals surface area contributed by atoms with E-state index in [0.29, 0.717) is 24.4 Å². The number of benzene rings is 2.